The van der Waals surface area contributed by atoms with E-state index in [1.54, 1.807) is 18.2 Å². The highest BCUT2D eigenvalue weighted by atomic mass is 16.5. The van der Waals surface area contributed by atoms with E-state index in [1.807, 2.05) is 32.0 Å². The SMILES string of the molecule is COc1ccc(NC(C)=O)cc1NC(=O)COc1ccc(C)c(C)c1. The quantitative estimate of drug-likeness (QED) is 0.844. The fourth-order valence-corrected chi connectivity index (χ4v) is 2.23. The highest BCUT2D eigenvalue weighted by Gasteiger charge is 2.10. The Labute approximate surface area is 147 Å². The normalized spacial score (nSPS) is 10.1. The molecule has 0 bridgehead atoms. The third-order valence-electron chi connectivity index (χ3n) is 3.64. The van der Waals surface area contributed by atoms with Gasteiger partial charge in [-0.15, -0.1) is 0 Å². The van der Waals surface area contributed by atoms with Crippen LogP contribution in [0.1, 0.15) is 18.1 Å². The van der Waals surface area contributed by atoms with Gasteiger partial charge in [0.05, 0.1) is 12.8 Å². The first-order valence-electron chi connectivity index (χ1n) is 7.84. The van der Waals surface area contributed by atoms with Crippen molar-refractivity contribution in [3.63, 3.8) is 0 Å². The lowest BCUT2D eigenvalue weighted by Gasteiger charge is -2.13. The molecule has 6 nitrogen and oxygen atoms in total. The van der Waals surface area contributed by atoms with Crippen LogP contribution in [0.3, 0.4) is 0 Å². The Kier molecular flexibility index (Phi) is 6.00. The predicted molar refractivity (Wildman–Crippen MR) is 97.3 cm³/mol. The molecule has 2 amide bonds. The average Bonchev–Trinajstić information content (AvgIpc) is 2.56. The van der Waals surface area contributed by atoms with Crippen molar-refractivity contribution in [2.45, 2.75) is 20.8 Å². The molecule has 0 aliphatic carbocycles. The van der Waals surface area contributed by atoms with Crippen molar-refractivity contribution < 1.29 is 19.1 Å². The van der Waals surface area contributed by atoms with Gasteiger partial charge in [-0.25, -0.2) is 0 Å². The number of hydrogen-bond acceptors (Lipinski definition) is 4. The van der Waals surface area contributed by atoms with Gasteiger partial charge in [0.1, 0.15) is 11.5 Å². The number of carbonyl (C=O) groups is 2. The lowest BCUT2D eigenvalue weighted by atomic mass is 10.1. The van der Waals surface area contributed by atoms with Gasteiger partial charge in [0.15, 0.2) is 6.61 Å². The summed E-state index contributed by atoms with van der Waals surface area (Å²) >= 11 is 0. The molecule has 0 aliphatic heterocycles. The molecule has 0 aromatic heterocycles. The predicted octanol–water partition coefficient (Wildman–Crippen LogP) is 3.29. The van der Waals surface area contributed by atoms with Gasteiger partial charge in [-0.05, 0) is 55.3 Å². The van der Waals surface area contributed by atoms with Crippen LogP contribution < -0.4 is 20.1 Å². The monoisotopic (exact) mass is 342 g/mol. The number of methoxy groups -OCH3 is 1. The molecule has 6 heteroatoms. The molecular formula is C19H22N2O4. The minimum absolute atomic E-state index is 0.129. The average molecular weight is 342 g/mol. The first-order chi connectivity index (χ1) is 11.9. The third-order valence-corrected chi connectivity index (χ3v) is 3.64. The van der Waals surface area contributed by atoms with Gasteiger partial charge >= 0.3 is 0 Å². The van der Waals surface area contributed by atoms with Crippen molar-refractivity contribution in [3.8, 4) is 11.5 Å². The number of hydrogen-bond donors (Lipinski definition) is 2. The van der Waals surface area contributed by atoms with E-state index in [-0.39, 0.29) is 18.4 Å². The van der Waals surface area contributed by atoms with Gasteiger partial charge in [0, 0.05) is 12.6 Å². The Morgan fingerprint density at radius 2 is 1.76 bits per heavy atom. The summed E-state index contributed by atoms with van der Waals surface area (Å²) in [5.74, 6) is 0.614. The maximum Gasteiger partial charge on any atom is 0.262 e. The smallest absolute Gasteiger partial charge is 0.262 e. The van der Waals surface area contributed by atoms with E-state index in [0.717, 1.165) is 11.1 Å². The van der Waals surface area contributed by atoms with E-state index in [1.165, 1.54) is 14.0 Å². The molecule has 2 aromatic carbocycles. The fourth-order valence-electron chi connectivity index (χ4n) is 2.23. The lowest BCUT2D eigenvalue weighted by Crippen LogP contribution is -2.20. The maximum atomic E-state index is 12.2. The zero-order valence-electron chi connectivity index (χ0n) is 14.8. The van der Waals surface area contributed by atoms with Gasteiger partial charge < -0.3 is 20.1 Å². The Morgan fingerprint density at radius 1 is 1.00 bits per heavy atom. The number of rotatable bonds is 6. The molecular weight excluding hydrogens is 320 g/mol. The summed E-state index contributed by atoms with van der Waals surface area (Å²) in [6, 6.07) is 10.7. The zero-order valence-corrected chi connectivity index (χ0v) is 14.8. The summed E-state index contributed by atoms with van der Waals surface area (Å²) in [4.78, 5) is 23.3. The van der Waals surface area contributed by atoms with E-state index >= 15 is 0 Å². The molecule has 2 rings (SSSR count). The Morgan fingerprint density at radius 3 is 2.40 bits per heavy atom. The van der Waals surface area contributed by atoms with Crippen LogP contribution in [-0.2, 0) is 9.59 Å². The van der Waals surface area contributed by atoms with Crippen LogP contribution in [-0.4, -0.2) is 25.5 Å². The van der Waals surface area contributed by atoms with E-state index in [0.29, 0.717) is 22.9 Å². The molecule has 2 N–H and O–H groups in total. The van der Waals surface area contributed by atoms with Crippen LogP contribution >= 0.6 is 0 Å². The van der Waals surface area contributed by atoms with E-state index < -0.39 is 0 Å². The molecule has 0 unspecified atom stereocenters. The molecule has 0 saturated heterocycles. The summed E-state index contributed by atoms with van der Waals surface area (Å²) in [5, 5.41) is 5.39. The number of amides is 2. The van der Waals surface area contributed by atoms with E-state index in [2.05, 4.69) is 10.6 Å². The minimum Gasteiger partial charge on any atom is -0.495 e. The van der Waals surface area contributed by atoms with Crippen molar-refractivity contribution in [1.82, 2.24) is 0 Å². The molecule has 0 heterocycles. The number of ether oxygens (including phenoxy) is 2. The Balaban J connectivity index is 2.03. The van der Waals surface area contributed by atoms with Crippen molar-refractivity contribution in [1.29, 1.82) is 0 Å². The number of aryl methyl sites for hydroxylation is 2. The molecule has 25 heavy (non-hydrogen) atoms. The van der Waals surface area contributed by atoms with Gasteiger partial charge in [-0.2, -0.15) is 0 Å². The third kappa shape index (κ3) is 5.24. The van der Waals surface area contributed by atoms with Crippen molar-refractivity contribution >= 4 is 23.2 Å². The van der Waals surface area contributed by atoms with Crippen LogP contribution in [0.15, 0.2) is 36.4 Å². The molecule has 0 fully saturated rings. The van der Waals surface area contributed by atoms with Crippen LogP contribution in [0.5, 0.6) is 11.5 Å². The summed E-state index contributed by atoms with van der Waals surface area (Å²) in [6.45, 7) is 5.29. The Bertz CT molecular complexity index is 787. The number of benzene rings is 2. The summed E-state index contributed by atoms with van der Waals surface area (Å²) in [5.41, 5.74) is 3.29. The second-order valence-corrected chi connectivity index (χ2v) is 5.68. The van der Waals surface area contributed by atoms with Crippen molar-refractivity contribution in [2.24, 2.45) is 0 Å². The highest BCUT2D eigenvalue weighted by molar-refractivity contribution is 5.95. The molecule has 2 aromatic rings. The van der Waals surface area contributed by atoms with Crippen LogP contribution in [0.25, 0.3) is 0 Å². The molecule has 0 saturated carbocycles. The standard InChI is InChI=1S/C19H22N2O4/c1-12-5-7-16(9-13(12)2)25-11-19(23)21-17-10-15(20-14(3)22)6-8-18(17)24-4/h5-10H,11H2,1-4H3,(H,20,22)(H,21,23). The molecule has 0 aliphatic rings. The second-order valence-electron chi connectivity index (χ2n) is 5.68. The Hall–Kier alpha value is -3.02. The summed E-state index contributed by atoms with van der Waals surface area (Å²) in [6.07, 6.45) is 0. The minimum atomic E-state index is -0.323. The van der Waals surface area contributed by atoms with Gasteiger partial charge in [-0.3, -0.25) is 9.59 Å². The fraction of sp³-hybridized carbons (Fsp3) is 0.263. The molecule has 0 atom stereocenters. The topological polar surface area (TPSA) is 76.7 Å². The van der Waals surface area contributed by atoms with Crippen LogP contribution in [0.2, 0.25) is 0 Å². The molecule has 0 spiro atoms. The number of nitrogens with one attached hydrogen (secondary N) is 2. The van der Waals surface area contributed by atoms with Gasteiger partial charge in [-0.1, -0.05) is 6.07 Å². The first-order valence-corrected chi connectivity index (χ1v) is 7.84. The number of carbonyl (C=O) groups excluding carboxylic acids is 2. The molecule has 0 radical (unpaired) electrons. The lowest BCUT2D eigenvalue weighted by molar-refractivity contribution is -0.118. The van der Waals surface area contributed by atoms with E-state index in [9.17, 15) is 9.59 Å². The highest BCUT2D eigenvalue weighted by Crippen LogP contribution is 2.28. The van der Waals surface area contributed by atoms with Gasteiger partial charge in [0.25, 0.3) is 5.91 Å². The number of anilines is 2. The second kappa shape index (κ2) is 8.19. The van der Waals surface area contributed by atoms with Crippen LogP contribution in [0.4, 0.5) is 11.4 Å². The van der Waals surface area contributed by atoms with E-state index in [4.69, 9.17) is 9.47 Å². The van der Waals surface area contributed by atoms with Crippen LogP contribution in [0, 0.1) is 13.8 Å². The maximum absolute atomic E-state index is 12.2. The van der Waals surface area contributed by atoms with Crippen molar-refractivity contribution in [2.75, 3.05) is 24.4 Å². The zero-order chi connectivity index (χ0) is 18.4. The molecule has 132 valence electrons. The van der Waals surface area contributed by atoms with Gasteiger partial charge in [0.2, 0.25) is 5.91 Å². The largest absolute Gasteiger partial charge is 0.495 e. The summed E-state index contributed by atoms with van der Waals surface area (Å²) in [7, 11) is 1.51. The first kappa shape index (κ1) is 18.3. The van der Waals surface area contributed by atoms with Crippen molar-refractivity contribution in [3.05, 3.63) is 47.5 Å². The summed E-state index contributed by atoms with van der Waals surface area (Å²) < 4.78 is 10.8.